The fourth-order valence-corrected chi connectivity index (χ4v) is 3.03. The van der Waals surface area contributed by atoms with Gasteiger partial charge in [0.15, 0.2) is 0 Å². The Kier molecular flexibility index (Phi) is 5.62. The summed E-state index contributed by atoms with van der Waals surface area (Å²) in [5.74, 6) is -0.236. The zero-order valence-corrected chi connectivity index (χ0v) is 12.8. The van der Waals surface area contributed by atoms with Gasteiger partial charge in [0.1, 0.15) is 11.6 Å². The van der Waals surface area contributed by atoms with Crippen molar-refractivity contribution in [1.82, 2.24) is 0 Å². The molecular formula is C13H18ClFO3S. The first-order chi connectivity index (χ1) is 8.69. The van der Waals surface area contributed by atoms with Crippen LogP contribution in [0.4, 0.5) is 4.39 Å². The normalized spacial score (nSPS) is 13.6. The second-order valence-corrected chi connectivity index (χ2v) is 7.75. The lowest BCUT2D eigenvalue weighted by molar-refractivity contribution is 0.224. The van der Waals surface area contributed by atoms with Crippen LogP contribution < -0.4 is 4.74 Å². The summed E-state index contributed by atoms with van der Waals surface area (Å²) in [5.41, 5.74) is 0.538. The van der Waals surface area contributed by atoms with Crippen molar-refractivity contribution in [2.45, 2.75) is 20.8 Å². The van der Waals surface area contributed by atoms with Gasteiger partial charge in [-0.25, -0.2) is 12.8 Å². The lowest BCUT2D eigenvalue weighted by atomic mass is 9.99. The second-order valence-electron chi connectivity index (χ2n) is 4.93. The molecule has 0 aliphatic heterocycles. The van der Waals surface area contributed by atoms with Gasteiger partial charge in [0.05, 0.1) is 12.4 Å². The van der Waals surface area contributed by atoms with Crippen LogP contribution in [0.1, 0.15) is 19.4 Å². The summed E-state index contributed by atoms with van der Waals surface area (Å²) < 4.78 is 41.0. The van der Waals surface area contributed by atoms with Crippen LogP contribution in [0.25, 0.3) is 0 Å². The summed E-state index contributed by atoms with van der Waals surface area (Å²) in [7, 11) is 1.69. The molecule has 0 aromatic heterocycles. The van der Waals surface area contributed by atoms with E-state index in [1.807, 2.05) is 13.8 Å². The third kappa shape index (κ3) is 5.78. The van der Waals surface area contributed by atoms with Crippen LogP contribution in [-0.4, -0.2) is 20.8 Å². The maximum atomic E-state index is 13.3. The predicted molar refractivity (Wildman–Crippen MR) is 74.6 cm³/mol. The minimum atomic E-state index is -3.57. The van der Waals surface area contributed by atoms with Crippen LogP contribution in [0.2, 0.25) is 0 Å². The third-order valence-corrected chi connectivity index (χ3v) is 4.17. The summed E-state index contributed by atoms with van der Waals surface area (Å²) in [6.07, 6.45) is 0. The smallest absolute Gasteiger partial charge is 0.233 e. The largest absolute Gasteiger partial charge is 0.493 e. The lowest BCUT2D eigenvalue weighted by Gasteiger charge is -2.19. The lowest BCUT2D eigenvalue weighted by Crippen LogP contribution is -2.24. The highest BCUT2D eigenvalue weighted by atomic mass is 35.7. The summed E-state index contributed by atoms with van der Waals surface area (Å²) in [6, 6.07) is 4.57. The van der Waals surface area contributed by atoms with Gasteiger partial charge < -0.3 is 4.74 Å². The van der Waals surface area contributed by atoms with E-state index in [9.17, 15) is 12.8 Å². The molecule has 0 fully saturated rings. The van der Waals surface area contributed by atoms with Crippen molar-refractivity contribution in [2.75, 3.05) is 12.4 Å². The number of hydrogen-bond acceptors (Lipinski definition) is 3. The maximum Gasteiger partial charge on any atom is 0.233 e. The molecule has 1 atom stereocenters. The summed E-state index contributed by atoms with van der Waals surface area (Å²) in [5, 5.41) is 0. The monoisotopic (exact) mass is 308 g/mol. The van der Waals surface area contributed by atoms with Gasteiger partial charge in [-0.3, -0.25) is 0 Å². The van der Waals surface area contributed by atoms with Gasteiger partial charge in [0.25, 0.3) is 0 Å². The van der Waals surface area contributed by atoms with Crippen molar-refractivity contribution in [3.05, 3.63) is 29.6 Å². The molecule has 108 valence electrons. The van der Waals surface area contributed by atoms with Gasteiger partial charge in [0, 0.05) is 22.7 Å². The van der Waals surface area contributed by atoms with E-state index in [-0.39, 0.29) is 30.0 Å². The molecule has 0 aliphatic carbocycles. The number of aryl methyl sites for hydroxylation is 1. The van der Waals surface area contributed by atoms with E-state index in [1.165, 1.54) is 6.07 Å². The van der Waals surface area contributed by atoms with Gasteiger partial charge >= 0.3 is 0 Å². The SMILES string of the molecule is Cc1ccc(OCC(CS(=O)(=O)Cl)C(C)C)cc1F. The highest BCUT2D eigenvalue weighted by Crippen LogP contribution is 2.20. The van der Waals surface area contributed by atoms with Crippen molar-refractivity contribution >= 4 is 19.7 Å². The molecule has 0 saturated carbocycles. The van der Waals surface area contributed by atoms with Gasteiger partial charge in [-0.15, -0.1) is 0 Å². The molecule has 1 unspecified atom stereocenters. The van der Waals surface area contributed by atoms with E-state index >= 15 is 0 Å². The van der Waals surface area contributed by atoms with Crippen molar-refractivity contribution in [3.63, 3.8) is 0 Å². The minimum Gasteiger partial charge on any atom is -0.493 e. The number of halogens is 2. The van der Waals surface area contributed by atoms with Crippen LogP contribution in [0.5, 0.6) is 5.75 Å². The first kappa shape index (κ1) is 16.2. The molecule has 0 N–H and O–H groups in total. The number of benzene rings is 1. The van der Waals surface area contributed by atoms with E-state index in [0.29, 0.717) is 11.3 Å². The Hall–Kier alpha value is -0.810. The Bertz CT molecular complexity index is 529. The summed E-state index contributed by atoms with van der Waals surface area (Å²) >= 11 is 0. The van der Waals surface area contributed by atoms with Gasteiger partial charge in [-0.05, 0) is 24.5 Å². The molecule has 0 spiro atoms. The molecule has 0 heterocycles. The Balaban J connectivity index is 2.68. The van der Waals surface area contributed by atoms with Crippen LogP contribution in [-0.2, 0) is 9.05 Å². The fourth-order valence-electron chi connectivity index (χ4n) is 1.56. The van der Waals surface area contributed by atoms with E-state index in [2.05, 4.69) is 0 Å². The maximum absolute atomic E-state index is 13.3. The highest BCUT2D eigenvalue weighted by molar-refractivity contribution is 8.13. The van der Waals surface area contributed by atoms with E-state index in [4.69, 9.17) is 15.4 Å². The molecule has 0 saturated heterocycles. The highest BCUT2D eigenvalue weighted by Gasteiger charge is 2.21. The van der Waals surface area contributed by atoms with E-state index < -0.39 is 9.05 Å². The van der Waals surface area contributed by atoms with Crippen molar-refractivity contribution in [2.24, 2.45) is 11.8 Å². The summed E-state index contributed by atoms with van der Waals surface area (Å²) in [6.45, 7) is 5.64. The first-order valence-electron chi connectivity index (χ1n) is 6.00. The summed E-state index contributed by atoms with van der Waals surface area (Å²) in [4.78, 5) is 0. The number of hydrogen-bond donors (Lipinski definition) is 0. The Labute approximate surface area is 118 Å². The van der Waals surface area contributed by atoms with Gasteiger partial charge in [0.2, 0.25) is 9.05 Å². The minimum absolute atomic E-state index is 0.101. The molecule has 1 aromatic carbocycles. The second kappa shape index (κ2) is 6.57. The van der Waals surface area contributed by atoms with Crippen molar-refractivity contribution < 1.29 is 17.5 Å². The average Bonchev–Trinajstić information content (AvgIpc) is 2.27. The molecule has 1 aromatic rings. The van der Waals surface area contributed by atoms with Gasteiger partial charge in [-0.2, -0.15) is 0 Å². The fraction of sp³-hybridized carbons (Fsp3) is 0.538. The number of ether oxygens (including phenoxy) is 1. The van der Waals surface area contributed by atoms with Crippen LogP contribution in [0.3, 0.4) is 0 Å². The molecule has 1 rings (SSSR count). The number of rotatable bonds is 6. The average molecular weight is 309 g/mol. The van der Waals surface area contributed by atoms with Crippen molar-refractivity contribution in [3.8, 4) is 5.75 Å². The molecule has 19 heavy (non-hydrogen) atoms. The van der Waals surface area contributed by atoms with Gasteiger partial charge in [-0.1, -0.05) is 19.9 Å². The molecule has 0 amide bonds. The first-order valence-corrected chi connectivity index (χ1v) is 8.48. The third-order valence-electron chi connectivity index (χ3n) is 2.96. The molecular weight excluding hydrogens is 291 g/mol. The Morgan fingerprint density at radius 2 is 2.00 bits per heavy atom. The zero-order valence-electron chi connectivity index (χ0n) is 11.2. The molecule has 0 aliphatic rings. The Morgan fingerprint density at radius 3 is 2.47 bits per heavy atom. The molecule has 0 bridgehead atoms. The quantitative estimate of drug-likeness (QED) is 0.757. The standard InChI is InChI=1S/C13H18ClFO3S/c1-9(2)11(8-19(14,16)17)7-18-12-5-4-10(3)13(15)6-12/h4-6,9,11H,7-8H2,1-3H3. The molecule has 3 nitrogen and oxygen atoms in total. The van der Waals surface area contributed by atoms with Crippen LogP contribution >= 0.6 is 10.7 Å². The van der Waals surface area contributed by atoms with Crippen LogP contribution in [0.15, 0.2) is 18.2 Å². The predicted octanol–water partition coefficient (Wildman–Crippen LogP) is 3.35. The molecule has 6 heteroatoms. The van der Waals surface area contributed by atoms with Crippen LogP contribution in [0, 0.1) is 24.6 Å². The van der Waals surface area contributed by atoms with E-state index in [1.54, 1.807) is 19.1 Å². The molecule has 0 radical (unpaired) electrons. The topological polar surface area (TPSA) is 43.4 Å². The van der Waals surface area contributed by atoms with Crippen molar-refractivity contribution in [1.29, 1.82) is 0 Å². The zero-order chi connectivity index (χ0) is 14.6. The Morgan fingerprint density at radius 1 is 1.37 bits per heavy atom. The van der Waals surface area contributed by atoms with E-state index in [0.717, 1.165) is 0 Å².